The van der Waals surface area contributed by atoms with Crippen molar-refractivity contribution in [2.75, 3.05) is 5.43 Å². The number of hydrogen-bond acceptors (Lipinski definition) is 6. The highest BCUT2D eigenvalue weighted by Gasteiger charge is 1.97. The van der Waals surface area contributed by atoms with E-state index >= 15 is 0 Å². The van der Waals surface area contributed by atoms with Crippen molar-refractivity contribution in [2.45, 2.75) is 0 Å². The molecule has 7 nitrogen and oxygen atoms in total. The van der Waals surface area contributed by atoms with Gasteiger partial charge in [0.05, 0.1) is 34.6 Å². The van der Waals surface area contributed by atoms with E-state index in [0.717, 1.165) is 0 Å². The van der Waals surface area contributed by atoms with E-state index in [4.69, 9.17) is 15.8 Å². The minimum absolute atomic E-state index is 0.154. The molecule has 0 aliphatic rings. The van der Waals surface area contributed by atoms with Crippen LogP contribution in [0.25, 0.3) is 0 Å². The Hall–Kier alpha value is -4.02. The number of anilines is 1. The standard InChI is InChI=1S/C16H9N7/c17-9-12-1-5-14(6-2-12)20-22-16(11-19)23-21-15-7-3-13(10-18)4-8-15/h1-8,20H. The van der Waals surface area contributed by atoms with Crippen molar-refractivity contribution in [1.29, 1.82) is 15.8 Å². The molecular weight excluding hydrogens is 290 g/mol. The van der Waals surface area contributed by atoms with Gasteiger partial charge in [-0.1, -0.05) is 0 Å². The maximum absolute atomic E-state index is 8.99. The summed E-state index contributed by atoms with van der Waals surface area (Å²) in [5.74, 6) is -0.154. The van der Waals surface area contributed by atoms with E-state index in [-0.39, 0.29) is 5.84 Å². The van der Waals surface area contributed by atoms with Crippen molar-refractivity contribution >= 4 is 17.2 Å². The number of benzene rings is 2. The molecule has 0 aromatic heterocycles. The normalized spacial score (nSPS) is 10.6. The van der Waals surface area contributed by atoms with Crippen LogP contribution >= 0.6 is 0 Å². The monoisotopic (exact) mass is 299 g/mol. The summed E-state index contributed by atoms with van der Waals surface area (Å²) in [6, 6.07) is 18.8. The molecule has 0 saturated carbocycles. The van der Waals surface area contributed by atoms with Gasteiger partial charge in [0.1, 0.15) is 6.07 Å². The van der Waals surface area contributed by atoms with E-state index in [1.807, 2.05) is 18.2 Å². The second-order valence-electron chi connectivity index (χ2n) is 4.21. The van der Waals surface area contributed by atoms with Gasteiger partial charge < -0.3 is 0 Å². The summed E-state index contributed by atoms with van der Waals surface area (Å²) in [6.45, 7) is 0. The van der Waals surface area contributed by atoms with E-state index in [2.05, 4.69) is 20.8 Å². The Morgan fingerprint density at radius 2 is 1.39 bits per heavy atom. The van der Waals surface area contributed by atoms with Crippen molar-refractivity contribution < 1.29 is 0 Å². The number of nitrogens with one attached hydrogen (secondary N) is 1. The molecule has 23 heavy (non-hydrogen) atoms. The maximum Gasteiger partial charge on any atom is 0.270 e. The Bertz CT molecular complexity index is 857. The van der Waals surface area contributed by atoms with Gasteiger partial charge in [-0.3, -0.25) is 5.43 Å². The Labute approximate surface area is 132 Å². The fraction of sp³-hybridized carbons (Fsp3) is 0. The van der Waals surface area contributed by atoms with Gasteiger partial charge in [-0.05, 0) is 48.5 Å². The smallest absolute Gasteiger partial charge is 0.270 e. The van der Waals surface area contributed by atoms with Crippen LogP contribution in [0.2, 0.25) is 0 Å². The maximum atomic E-state index is 8.99. The molecule has 0 radical (unpaired) electrons. The zero-order chi connectivity index (χ0) is 16.5. The molecule has 0 amide bonds. The number of azo groups is 1. The van der Waals surface area contributed by atoms with Crippen molar-refractivity contribution in [3.63, 3.8) is 0 Å². The molecule has 0 atom stereocenters. The predicted molar refractivity (Wildman–Crippen MR) is 83.5 cm³/mol. The van der Waals surface area contributed by atoms with Crippen LogP contribution in [0.3, 0.4) is 0 Å². The van der Waals surface area contributed by atoms with Crippen LogP contribution in [-0.4, -0.2) is 5.84 Å². The average molecular weight is 299 g/mol. The lowest BCUT2D eigenvalue weighted by Crippen LogP contribution is -1.95. The zero-order valence-corrected chi connectivity index (χ0v) is 11.8. The Kier molecular flexibility index (Phi) is 5.13. The summed E-state index contributed by atoms with van der Waals surface area (Å²) >= 11 is 0. The minimum atomic E-state index is -0.154. The van der Waals surface area contributed by atoms with Crippen LogP contribution in [0.4, 0.5) is 11.4 Å². The second kappa shape index (κ2) is 7.68. The van der Waals surface area contributed by atoms with Crippen molar-refractivity contribution in [1.82, 2.24) is 0 Å². The molecule has 2 rings (SSSR count). The molecule has 0 bridgehead atoms. The molecule has 1 N–H and O–H groups in total. The molecule has 7 heteroatoms. The van der Waals surface area contributed by atoms with E-state index in [1.54, 1.807) is 48.5 Å². The van der Waals surface area contributed by atoms with E-state index in [9.17, 15) is 0 Å². The molecule has 0 fully saturated rings. The topological polar surface area (TPSA) is 120 Å². The van der Waals surface area contributed by atoms with Gasteiger partial charge in [-0.15, -0.1) is 15.3 Å². The Balaban J connectivity index is 2.06. The van der Waals surface area contributed by atoms with Crippen LogP contribution in [-0.2, 0) is 0 Å². The fourth-order valence-corrected chi connectivity index (χ4v) is 1.51. The van der Waals surface area contributed by atoms with Crippen molar-refractivity contribution in [3.8, 4) is 18.2 Å². The van der Waals surface area contributed by atoms with Crippen LogP contribution < -0.4 is 5.43 Å². The van der Waals surface area contributed by atoms with E-state index < -0.39 is 0 Å². The summed E-state index contributed by atoms with van der Waals surface area (Å²) in [6.07, 6.45) is 0. The first-order valence-electron chi connectivity index (χ1n) is 6.41. The summed E-state index contributed by atoms with van der Waals surface area (Å²) < 4.78 is 0. The van der Waals surface area contributed by atoms with Gasteiger partial charge >= 0.3 is 0 Å². The highest BCUT2D eigenvalue weighted by atomic mass is 15.3. The Morgan fingerprint density at radius 1 is 0.826 bits per heavy atom. The summed E-state index contributed by atoms with van der Waals surface area (Å²) in [4.78, 5) is 0. The quantitative estimate of drug-likeness (QED) is 0.403. The molecule has 0 aliphatic carbocycles. The van der Waals surface area contributed by atoms with Crippen LogP contribution in [0.1, 0.15) is 11.1 Å². The number of rotatable bonds is 3. The number of hydrogen-bond donors (Lipinski definition) is 1. The van der Waals surface area contributed by atoms with Gasteiger partial charge in [0, 0.05) is 0 Å². The minimum Gasteiger partial charge on any atom is -0.276 e. The molecule has 0 saturated heterocycles. The first-order valence-corrected chi connectivity index (χ1v) is 6.41. The first kappa shape index (κ1) is 15.4. The van der Waals surface area contributed by atoms with Crippen molar-refractivity contribution in [3.05, 3.63) is 59.7 Å². The summed E-state index contributed by atoms with van der Waals surface area (Å²) in [5, 5.41) is 37.8. The highest BCUT2D eigenvalue weighted by Crippen LogP contribution is 2.13. The van der Waals surface area contributed by atoms with Gasteiger partial charge in [-0.2, -0.15) is 15.8 Å². The number of nitrogens with zero attached hydrogens (tertiary/aromatic N) is 6. The SMILES string of the molecule is N#CC(N=Nc1ccc(C#N)cc1)=NNc1ccc(C#N)cc1. The molecule has 0 aliphatic heterocycles. The lowest BCUT2D eigenvalue weighted by atomic mass is 10.2. The first-order chi connectivity index (χ1) is 11.2. The number of nitriles is 3. The number of amidine groups is 1. The lowest BCUT2D eigenvalue weighted by Gasteiger charge is -1.99. The second-order valence-corrected chi connectivity index (χ2v) is 4.21. The molecule has 2 aromatic carbocycles. The predicted octanol–water partition coefficient (Wildman–Crippen LogP) is 3.46. The third-order valence-corrected chi connectivity index (χ3v) is 2.66. The zero-order valence-electron chi connectivity index (χ0n) is 11.8. The molecule has 0 unspecified atom stereocenters. The van der Waals surface area contributed by atoms with Gasteiger partial charge in [0.2, 0.25) is 0 Å². The molecular formula is C16H9N7. The molecule has 0 spiro atoms. The lowest BCUT2D eigenvalue weighted by molar-refractivity contribution is 1.23. The number of hydrazone groups is 1. The fourth-order valence-electron chi connectivity index (χ4n) is 1.51. The largest absolute Gasteiger partial charge is 0.276 e. The van der Waals surface area contributed by atoms with E-state index in [1.165, 1.54) is 0 Å². The molecule has 108 valence electrons. The van der Waals surface area contributed by atoms with Crippen LogP contribution in [0, 0.1) is 34.0 Å². The summed E-state index contributed by atoms with van der Waals surface area (Å²) in [5.41, 5.74) is 4.82. The molecule has 2 aromatic rings. The van der Waals surface area contributed by atoms with Crippen LogP contribution in [0.15, 0.2) is 63.9 Å². The third kappa shape index (κ3) is 4.49. The summed E-state index contributed by atoms with van der Waals surface area (Å²) in [7, 11) is 0. The Morgan fingerprint density at radius 3 is 1.91 bits per heavy atom. The van der Waals surface area contributed by atoms with Gasteiger partial charge in [-0.25, -0.2) is 0 Å². The highest BCUT2D eigenvalue weighted by molar-refractivity contribution is 5.97. The van der Waals surface area contributed by atoms with E-state index in [0.29, 0.717) is 22.5 Å². The van der Waals surface area contributed by atoms with Gasteiger partial charge in [0.25, 0.3) is 5.84 Å². The van der Waals surface area contributed by atoms with Gasteiger partial charge in [0.15, 0.2) is 0 Å². The average Bonchev–Trinajstić information content (AvgIpc) is 2.62. The third-order valence-electron chi connectivity index (χ3n) is 2.66. The molecule has 0 heterocycles. The van der Waals surface area contributed by atoms with Crippen LogP contribution in [0.5, 0.6) is 0 Å². The van der Waals surface area contributed by atoms with Crippen molar-refractivity contribution in [2.24, 2.45) is 15.3 Å².